The average molecular weight is 372 g/mol. The van der Waals surface area contributed by atoms with Crippen molar-refractivity contribution in [2.45, 2.75) is 18.8 Å². The molecule has 0 radical (unpaired) electrons. The predicted octanol–water partition coefficient (Wildman–Crippen LogP) is 3.50. The van der Waals surface area contributed by atoms with E-state index in [9.17, 15) is 14.0 Å². The highest BCUT2D eigenvalue weighted by atomic mass is 32.2. The van der Waals surface area contributed by atoms with Gasteiger partial charge in [0.15, 0.2) is 0 Å². The highest BCUT2D eigenvalue weighted by Crippen LogP contribution is 2.16. The lowest BCUT2D eigenvalue weighted by atomic mass is 10.1. The second-order valence-electron chi connectivity index (χ2n) is 5.38. The number of carbonyl (C=O) groups is 2. The van der Waals surface area contributed by atoms with E-state index in [0.29, 0.717) is 16.8 Å². The first-order valence-corrected chi connectivity index (χ1v) is 8.86. The average Bonchev–Trinajstić information content (AvgIpc) is 2.66. The zero-order chi connectivity index (χ0) is 18.9. The highest BCUT2D eigenvalue weighted by molar-refractivity contribution is 8.01. The molecule has 0 bridgehead atoms. The van der Waals surface area contributed by atoms with Crippen LogP contribution in [-0.2, 0) is 20.9 Å². The minimum absolute atomic E-state index is 0.00917. The van der Waals surface area contributed by atoms with Crippen molar-refractivity contribution in [2.75, 3.05) is 11.1 Å². The number of amides is 1. The molecule has 0 aliphatic carbocycles. The van der Waals surface area contributed by atoms with E-state index < -0.39 is 11.2 Å². The Morgan fingerprint density at radius 2 is 1.92 bits per heavy atom. The zero-order valence-corrected chi connectivity index (χ0v) is 14.9. The van der Waals surface area contributed by atoms with E-state index in [1.807, 2.05) is 6.07 Å². The second-order valence-corrected chi connectivity index (χ2v) is 6.71. The number of hydrogen-bond donors (Lipinski definition) is 1. The minimum atomic E-state index is -0.539. The van der Waals surface area contributed by atoms with Gasteiger partial charge in [0.1, 0.15) is 17.7 Å². The van der Waals surface area contributed by atoms with Crippen LogP contribution in [0.2, 0.25) is 0 Å². The Kier molecular flexibility index (Phi) is 7.18. The molecule has 26 heavy (non-hydrogen) atoms. The Morgan fingerprint density at radius 1 is 1.23 bits per heavy atom. The molecule has 1 N–H and O–H groups in total. The van der Waals surface area contributed by atoms with Crippen molar-refractivity contribution in [3.63, 3.8) is 0 Å². The number of nitrogens with zero attached hydrogens (tertiary/aromatic N) is 1. The van der Waals surface area contributed by atoms with Crippen molar-refractivity contribution in [3.8, 4) is 6.07 Å². The van der Waals surface area contributed by atoms with Crippen molar-refractivity contribution in [2.24, 2.45) is 0 Å². The van der Waals surface area contributed by atoms with Crippen molar-refractivity contribution in [1.82, 2.24) is 0 Å². The highest BCUT2D eigenvalue weighted by Gasteiger charge is 2.17. The normalized spacial score (nSPS) is 11.3. The van der Waals surface area contributed by atoms with Gasteiger partial charge in [-0.15, -0.1) is 11.8 Å². The Hall–Kier alpha value is -2.85. The summed E-state index contributed by atoms with van der Waals surface area (Å²) < 4.78 is 18.0. The van der Waals surface area contributed by atoms with Crippen LogP contribution in [0.15, 0.2) is 48.5 Å². The number of nitriles is 1. The van der Waals surface area contributed by atoms with Gasteiger partial charge < -0.3 is 10.1 Å². The lowest BCUT2D eigenvalue weighted by Crippen LogP contribution is -2.21. The maximum absolute atomic E-state index is 12.8. The molecule has 0 aromatic heterocycles. The topological polar surface area (TPSA) is 79.2 Å². The third-order valence-electron chi connectivity index (χ3n) is 3.43. The number of esters is 1. The van der Waals surface area contributed by atoms with Gasteiger partial charge in [-0.05, 0) is 37.3 Å². The second kappa shape index (κ2) is 9.59. The molecule has 0 fully saturated rings. The van der Waals surface area contributed by atoms with Gasteiger partial charge in [-0.3, -0.25) is 9.59 Å². The van der Waals surface area contributed by atoms with Gasteiger partial charge in [0, 0.05) is 11.3 Å². The molecule has 0 unspecified atom stereocenters. The zero-order valence-electron chi connectivity index (χ0n) is 14.1. The van der Waals surface area contributed by atoms with Crippen LogP contribution in [0, 0.1) is 17.1 Å². The maximum atomic E-state index is 12.8. The molecule has 0 saturated carbocycles. The molecule has 0 aliphatic rings. The number of nitrogens with one attached hydrogen (secondary N) is 1. The SMILES string of the molecule is C[C@@H](SCC(=O)Nc1ccc(F)cc1)C(=O)OCc1ccccc1C#N. The molecule has 2 rings (SSSR count). The smallest absolute Gasteiger partial charge is 0.319 e. The summed E-state index contributed by atoms with van der Waals surface area (Å²) in [5, 5.41) is 11.1. The standard InChI is InChI=1S/C19H17FN2O3S/c1-13(19(24)25-11-15-5-3-2-4-14(15)10-21)26-12-18(23)22-17-8-6-16(20)7-9-17/h2-9,13H,11-12H2,1H3,(H,22,23)/t13-/m1/s1. The first kappa shape index (κ1) is 19.5. The van der Waals surface area contributed by atoms with Gasteiger partial charge in [-0.2, -0.15) is 5.26 Å². The summed E-state index contributed by atoms with van der Waals surface area (Å²) in [6.45, 7) is 1.66. The first-order chi connectivity index (χ1) is 12.5. The van der Waals surface area contributed by atoms with E-state index in [2.05, 4.69) is 5.32 Å². The van der Waals surface area contributed by atoms with Crippen LogP contribution in [0.1, 0.15) is 18.1 Å². The maximum Gasteiger partial charge on any atom is 0.319 e. The number of hydrogen-bond acceptors (Lipinski definition) is 5. The largest absolute Gasteiger partial charge is 0.460 e. The molecular weight excluding hydrogens is 355 g/mol. The van der Waals surface area contributed by atoms with Gasteiger partial charge in [-0.1, -0.05) is 18.2 Å². The number of halogens is 1. The monoisotopic (exact) mass is 372 g/mol. The van der Waals surface area contributed by atoms with Crippen molar-refractivity contribution in [1.29, 1.82) is 5.26 Å². The van der Waals surface area contributed by atoms with Gasteiger partial charge in [0.2, 0.25) is 5.91 Å². The van der Waals surface area contributed by atoms with Crippen molar-refractivity contribution >= 4 is 29.3 Å². The van der Waals surface area contributed by atoms with Gasteiger partial charge >= 0.3 is 5.97 Å². The lowest BCUT2D eigenvalue weighted by molar-refractivity contribution is -0.143. The molecule has 0 spiro atoms. The summed E-state index contributed by atoms with van der Waals surface area (Å²) in [5.74, 6) is -1.08. The van der Waals surface area contributed by atoms with E-state index in [-0.39, 0.29) is 24.1 Å². The molecular formula is C19H17FN2O3S. The summed E-state index contributed by atoms with van der Waals surface area (Å²) >= 11 is 1.13. The fourth-order valence-corrected chi connectivity index (χ4v) is 2.70. The summed E-state index contributed by atoms with van der Waals surface area (Å²) in [6, 6.07) is 14.3. The molecule has 7 heteroatoms. The number of ether oxygens (including phenoxy) is 1. The minimum Gasteiger partial charge on any atom is -0.460 e. The van der Waals surface area contributed by atoms with Crippen LogP contribution in [0.4, 0.5) is 10.1 Å². The number of thioether (sulfide) groups is 1. The van der Waals surface area contributed by atoms with E-state index >= 15 is 0 Å². The fourth-order valence-electron chi connectivity index (χ4n) is 2.02. The van der Waals surface area contributed by atoms with Gasteiger partial charge in [0.05, 0.1) is 17.4 Å². The Balaban J connectivity index is 1.77. The molecule has 5 nitrogen and oxygen atoms in total. The third kappa shape index (κ3) is 5.90. The van der Waals surface area contributed by atoms with E-state index in [1.165, 1.54) is 24.3 Å². The lowest BCUT2D eigenvalue weighted by Gasteiger charge is -2.12. The number of rotatable bonds is 7. The van der Waals surface area contributed by atoms with Crippen molar-refractivity contribution in [3.05, 3.63) is 65.5 Å². The van der Waals surface area contributed by atoms with Crippen LogP contribution in [0.3, 0.4) is 0 Å². The summed E-state index contributed by atoms with van der Waals surface area (Å²) in [5.41, 5.74) is 1.58. The number of carbonyl (C=O) groups excluding carboxylic acids is 2. The molecule has 0 saturated heterocycles. The van der Waals surface area contributed by atoms with Gasteiger partial charge in [-0.25, -0.2) is 4.39 Å². The van der Waals surface area contributed by atoms with Crippen LogP contribution in [0.25, 0.3) is 0 Å². The van der Waals surface area contributed by atoms with Crippen LogP contribution in [0.5, 0.6) is 0 Å². The summed E-state index contributed by atoms with van der Waals surface area (Å²) in [4.78, 5) is 23.9. The molecule has 0 aliphatic heterocycles. The number of anilines is 1. The molecule has 1 amide bonds. The molecule has 2 aromatic rings. The van der Waals surface area contributed by atoms with Crippen molar-refractivity contribution < 1.29 is 18.7 Å². The van der Waals surface area contributed by atoms with Crippen LogP contribution in [-0.4, -0.2) is 22.9 Å². The molecule has 0 heterocycles. The van der Waals surface area contributed by atoms with E-state index in [4.69, 9.17) is 10.00 Å². The van der Waals surface area contributed by atoms with E-state index in [1.54, 1.807) is 31.2 Å². The van der Waals surface area contributed by atoms with Gasteiger partial charge in [0.25, 0.3) is 0 Å². The number of benzene rings is 2. The Labute approximate surface area is 155 Å². The molecule has 2 aromatic carbocycles. The molecule has 134 valence electrons. The summed E-state index contributed by atoms with van der Waals surface area (Å²) in [7, 11) is 0. The van der Waals surface area contributed by atoms with Crippen LogP contribution < -0.4 is 5.32 Å². The predicted molar refractivity (Wildman–Crippen MR) is 97.9 cm³/mol. The molecule has 1 atom stereocenters. The Bertz CT molecular complexity index is 818. The van der Waals surface area contributed by atoms with E-state index in [0.717, 1.165) is 11.8 Å². The third-order valence-corrected chi connectivity index (χ3v) is 4.55. The summed E-state index contributed by atoms with van der Waals surface area (Å²) in [6.07, 6.45) is 0. The fraction of sp³-hybridized carbons (Fsp3) is 0.211. The quantitative estimate of drug-likeness (QED) is 0.753. The first-order valence-electron chi connectivity index (χ1n) is 7.81. The van der Waals surface area contributed by atoms with Crippen LogP contribution >= 0.6 is 11.8 Å². The Morgan fingerprint density at radius 3 is 2.62 bits per heavy atom.